The van der Waals surface area contributed by atoms with Crippen LogP contribution in [0.15, 0.2) is 16.7 Å². The van der Waals surface area contributed by atoms with E-state index in [0.717, 1.165) is 29.0 Å². The molecule has 2 N–H and O–H groups in total. The fourth-order valence-corrected chi connectivity index (χ4v) is 3.13. The van der Waals surface area contributed by atoms with Crippen molar-refractivity contribution in [3.8, 4) is 0 Å². The number of primary amides is 1. The molecule has 90 valence electrons. The van der Waals surface area contributed by atoms with Gasteiger partial charge in [0, 0.05) is 6.54 Å². The van der Waals surface area contributed by atoms with Crippen molar-refractivity contribution in [2.45, 2.75) is 19.4 Å². The van der Waals surface area contributed by atoms with Crippen molar-refractivity contribution in [1.29, 1.82) is 0 Å². The standard InChI is InChI=1S/C12H14BrN3O/c1-6-2-3-9(13)15-12(6)16-5-7-4-8(7)10(16)11(14)17/h2-3,7-8,10H,4-5H2,1H3,(H2,14,17). The summed E-state index contributed by atoms with van der Waals surface area (Å²) in [4.78, 5) is 18.1. The first-order valence-electron chi connectivity index (χ1n) is 5.77. The zero-order valence-corrected chi connectivity index (χ0v) is 11.1. The number of carbonyl (C=O) groups excluding carboxylic acids is 1. The van der Waals surface area contributed by atoms with Crippen molar-refractivity contribution in [3.05, 3.63) is 22.3 Å². The van der Waals surface area contributed by atoms with E-state index in [-0.39, 0.29) is 11.9 Å². The van der Waals surface area contributed by atoms with E-state index in [1.807, 2.05) is 19.1 Å². The smallest absolute Gasteiger partial charge is 0.240 e. The van der Waals surface area contributed by atoms with Gasteiger partial charge in [-0.1, -0.05) is 6.07 Å². The third-order valence-electron chi connectivity index (χ3n) is 3.75. The maximum absolute atomic E-state index is 11.6. The van der Waals surface area contributed by atoms with Crippen LogP contribution in [0.25, 0.3) is 0 Å². The lowest BCUT2D eigenvalue weighted by Gasteiger charge is -2.27. The maximum atomic E-state index is 11.6. The predicted octanol–water partition coefficient (Wildman–Crippen LogP) is 1.46. The number of pyridine rings is 1. The average Bonchev–Trinajstić information content (AvgIpc) is 2.92. The normalized spacial score (nSPS) is 30.2. The molecule has 2 fully saturated rings. The summed E-state index contributed by atoms with van der Waals surface area (Å²) in [5.41, 5.74) is 6.59. The molecule has 0 radical (unpaired) electrons. The van der Waals surface area contributed by atoms with E-state index in [1.165, 1.54) is 0 Å². The Morgan fingerprint density at radius 2 is 2.35 bits per heavy atom. The molecule has 1 amide bonds. The Morgan fingerprint density at radius 3 is 3.06 bits per heavy atom. The molecule has 1 aliphatic carbocycles. The second-order valence-electron chi connectivity index (χ2n) is 4.93. The number of fused-ring (bicyclic) bond motifs is 1. The third kappa shape index (κ3) is 1.73. The van der Waals surface area contributed by atoms with Crippen LogP contribution >= 0.6 is 15.9 Å². The van der Waals surface area contributed by atoms with E-state index in [0.29, 0.717) is 11.8 Å². The minimum absolute atomic E-state index is 0.166. The Labute approximate surface area is 108 Å². The summed E-state index contributed by atoms with van der Waals surface area (Å²) < 4.78 is 0.793. The molecule has 5 heteroatoms. The number of nitrogens with two attached hydrogens (primary N) is 1. The number of aromatic nitrogens is 1. The van der Waals surface area contributed by atoms with Gasteiger partial charge in [0.2, 0.25) is 5.91 Å². The Balaban J connectivity index is 1.98. The molecule has 0 aromatic carbocycles. The Kier molecular flexibility index (Phi) is 2.40. The van der Waals surface area contributed by atoms with Gasteiger partial charge in [0.25, 0.3) is 0 Å². The van der Waals surface area contributed by atoms with Gasteiger partial charge in [0.05, 0.1) is 0 Å². The zero-order chi connectivity index (χ0) is 12.2. The number of rotatable bonds is 2. The second-order valence-corrected chi connectivity index (χ2v) is 5.75. The van der Waals surface area contributed by atoms with Crippen LogP contribution in [0.4, 0.5) is 5.82 Å². The Bertz CT molecular complexity index is 491. The molecule has 0 spiro atoms. The number of hydrogen-bond acceptors (Lipinski definition) is 3. The first-order chi connectivity index (χ1) is 8.08. The lowest BCUT2D eigenvalue weighted by Crippen LogP contribution is -2.44. The van der Waals surface area contributed by atoms with E-state index in [2.05, 4.69) is 25.8 Å². The summed E-state index contributed by atoms with van der Waals surface area (Å²) in [6.07, 6.45) is 1.14. The summed E-state index contributed by atoms with van der Waals surface area (Å²) in [7, 11) is 0. The highest BCUT2D eigenvalue weighted by Crippen LogP contribution is 2.50. The molecule has 1 saturated heterocycles. The first kappa shape index (κ1) is 11.0. The number of halogens is 1. The van der Waals surface area contributed by atoms with Gasteiger partial charge in [-0.3, -0.25) is 4.79 Å². The lowest BCUT2D eigenvalue weighted by molar-refractivity contribution is -0.119. The number of carbonyl (C=O) groups is 1. The van der Waals surface area contributed by atoms with Crippen LogP contribution in [0.2, 0.25) is 0 Å². The lowest BCUT2D eigenvalue weighted by atomic mass is 10.1. The van der Waals surface area contributed by atoms with Crippen LogP contribution in [0.3, 0.4) is 0 Å². The van der Waals surface area contributed by atoms with Gasteiger partial charge in [-0.15, -0.1) is 0 Å². The van der Waals surface area contributed by atoms with Crippen LogP contribution in [0.5, 0.6) is 0 Å². The number of nitrogens with zero attached hydrogens (tertiary/aromatic N) is 2. The molecule has 2 aliphatic rings. The van der Waals surface area contributed by atoms with Gasteiger partial charge in [-0.2, -0.15) is 0 Å². The quantitative estimate of drug-likeness (QED) is 0.841. The number of hydrogen-bond donors (Lipinski definition) is 1. The van der Waals surface area contributed by atoms with Crippen LogP contribution in [-0.2, 0) is 4.79 Å². The highest BCUT2D eigenvalue weighted by Gasteiger charge is 2.55. The highest BCUT2D eigenvalue weighted by atomic mass is 79.9. The van der Waals surface area contributed by atoms with Crippen LogP contribution < -0.4 is 10.6 Å². The van der Waals surface area contributed by atoms with Crippen molar-refractivity contribution < 1.29 is 4.79 Å². The molecule has 17 heavy (non-hydrogen) atoms. The number of aryl methyl sites for hydroxylation is 1. The second kappa shape index (κ2) is 3.70. The molecule has 1 aliphatic heterocycles. The summed E-state index contributed by atoms with van der Waals surface area (Å²) in [6.45, 7) is 2.92. The monoisotopic (exact) mass is 295 g/mol. The van der Waals surface area contributed by atoms with Gasteiger partial charge >= 0.3 is 0 Å². The minimum Gasteiger partial charge on any atom is -0.368 e. The molecule has 0 bridgehead atoms. The molecule has 3 unspecified atom stereocenters. The van der Waals surface area contributed by atoms with Gasteiger partial charge in [-0.05, 0) is 52.7 Å². The van der Waals surface area contributed by atoms with E-state index >= 15 is 0 Å². The number of piperidine rings is 1. The summed E-state index contributed by atoms with van der Waals surface area (Å²) in [5.74, 6) is 1.74. The molecular weight excluding hydrogens is 282 g/mol. The van der Waals surface area contributed by atoms with Crippen LogP contribution in [0, 0.1) is 18.8 Å². The largest absolute Gasteiger partial charge is 0.368 e. The molecule has 1 aromatic heterocycles. The van der Waals surface area contributed by atoms with Crippen molar-refractivity contribution >= 4 is 27.7 Å². The van der Waals surface area contributed by atoms with Crippen molar-refractivity contribution in [1.82, 2.24) is 4.98 Å². The molecule has 1 saturated carbocycles. The highest BCUT2D eigenvalue weighted by molar-refractivity contribution is 9.10. The SMILES string of the molecule is Cc1ccc(Br)nc1N1CC2CC2C1C(N)=O. The molecule has 3 atom stereocenters. The molecule has 2 heterocycles. The topological polar surface area (TPSA) is 59.2 Å². The zero-order valence-electron chi connectivity index (χ0n) is 9.56. The average molecular weight is 296 g/mol. The number of anilines is 1. The fourth-order valence-electron chi connectivity index (χ4n) is 2.83. The predicted molar refractivity (Wildman–Crippen MR) is 68.6 cm³/mol. The third-order valence-corrected chi connectivity index (χ3v) is 4.19. The van der Waals surface area contributed by atoms with Crippen LogP contribution in [-0.4, -0.2) is 23.5 Å². The summed E-state index contributed by atoms with van der Waals surface area (Å²) >= 11 is 3.37. The van der Waals surface area contributed by atoms with Crippen molar-refractivity contribution in [2.75, 3.05) is 11.4 Å². The van der Waals surface area contributed by atoms with Crippen molar-refractivity contribution in [2.24, 2.45) is 17.6 Å². The molecule has 3 rings (SSSR count). The van der Waals surface area contributed by atoms with E-state index in [1.54, 1.807) is 0 Å². The molecule has 1 aromatic rings. The van der Waals surface area contributed by atoms with Crippen LogP contribution in [0.1, 0.15) is 12.0 Å². The first-order valence-corrected chi connectivity index (χ1v) is 6.56. The summed E-state index contributed by atoms with van der Waals surface area (Å²) in [6, 6.07) is 3.75. The van der Waals surface area contributed by atoms with Gasteiger partial charge in [-0.25, -0.2) is 4.98 Å². The molecular formula is C12H14BrN3O. The molecule has 4 nitrogen and oxygen atoms in total. The Morgan fingerprint density at radius 1 is 1.59 bits per heavy atom. The van der Waals surface area contributed by atoms with Crippen molar-refractivity contribution in [3.63, 3.8) is 0 Å². The van der Waals surface area contributed by atoms with Gasteiger partial charge < -0.3 is 10.6 Å². The van der Waals surface area contributed by atoms with E-state index in [9.17, 15) is 4.79 Å². The van der Waals surface area contributed by atoms with Gasteiger partial charge in [0.1, 0.15) is 16.5 Å². The minimum atomic E-state index is -0.226. The summed E-state index contributed by atoms with van der Waals surface area (Å²) in [5, 5.41) is 0. The fraction of sp³-hybridized carbons (Fsp3) is 0.500. The number of amides is 1. The van der Waals surface area contributed by atoms with Gasteiger partial charge in [0.15, 0.2) is 0 Å². The van der Waals surface area contributed by atoms with E-state index < -0.39 is 0 Å². The van der Waals surface area contributed by atoms with E-state index in [4.69, 9.17) is 5.73 Å². The maximum Gasteiger partial charge on any atom is 0.240 e. The Hall–Kier alpha value is -1.10.